The van der Waals surface area contributed by atoms with Crippen LogP contribution in [0.4, 0.5) is 5.95 Å². The molecule has 0 saturated carbocycles. The summed E-state index contributed by atoms with van der Waals surface area (Å²) in [4.78, 5) is 6.50. The van der Waals surface area contributed by atoms with Gasteiger partial charge in [-0.2, -0.15) is 0 Å². The maximum absolute atomic E-state index is 5.24. The molecule has 1 rings (SSSR count). The van der Waals surface area contributed by atoms with Crippen LogP contribution in [0.15, 0.2) is 6.20 Å². The summed E-state index contributed by atoms with van der Waals surface area (Å²) in [6.07, 6.45) is 1.62. The first kappa shape index (κ1) is 12.2. The predicted octanol–water partition coefficient (Wildman–Crippen LogP) is 0.294. The molecule has 0 bridgehead atoms. The third-order valence-electron chi connectivity index (χ3n) is 0.868. The summed E-state index contributed by atoms with van der Waals surface area (Å²) in [7, 11) is 0. The van der Waals surface area contributed by atoms with Crippen LogP contribution in [-0.4, -0.2) is 9.97 Å². The summed E-state index contributed by atoms with van der Waals surface area (Å²) >= 11 is 0. The molecule has 6 heteroatoms. The van der Waals surface area contributed by atoms with Crippen LogP contribution in [0.2, 0.25) is 0 Å². The molecule has 0 fully saturated rings. The molecule has 0 unspecified atom stereocenters. The van der Waals surface area contributed by atoms with E-state index in [1.54, 1.807) is 6.20 Å². The number of aromatic nitrogens is 2. The topological polar surface area (TPSA) is 80.7 Å². The SMILES string of the molecule is Cl.Cl.NCc1cnc(N)[nH]1. The zero-order valence-corrected chi connectivity index (χ0v) is 6.84. The molecule has 0 aliphatic carbocycles. The van der Waals surface area contributed by atoms with E-state index in [4.69, 9.17) is 11.5 Å². The van der Waals surface area contributed by atoms with Crippen molar-refractivity contribution in [1.29, 1.82) is 0 Å². The molecule has 0 amide bonds. The number of nitrogen functional groups attached to an aromatic ring is 1. The van der Waals surface area contributed by atoms with Crippen molar-refractivity contribution in [2.75, 3.05) is 5.73 Å². The molecule has 1 aromatic rings. The highest BCUT2D eigenvalue weighted by Gasteiger charge is 1.89. The number of H-pyrrole nitrogens is 1. The van der Waals surface area contributed by atoms with Crippen LogP contribution in [0, 0.1) is 0 Å². The Morgan fingerprint density at radius 3 is 2.30 bits per heavy atom. The smallest absolute Gasteiger partial charge is 0.197 e. The van der Waals surface area contributed by atoms with Gasteiger partial charge in [0.1, 0.15) is 0 Å². The predicted molar refractivity (Wildman–Crippen MR) is 45.4 cm³/mol. The third-order valence-corrected chi connectivity index (χ3v) is 0.868. The number of anilines is 1. The normalized spacial score (nSPS) is 7.70. The van der Waals surface area contributed by atoms with Crippen molar-refractivity contribution >= 4 is 30.8 Å². The standard InChI is InChI=1S/C4H8N4.2ClH/c5-1-3-2-7-4(6)8-3;;/h2H,1,5H2,(H3,6,7,8);2*1H. The molecule has 0 spiro atoms. The number of halogens is 2. The van der Waals surface area contributed by atoms with Crippen LogP contribution in [0.3, 0.4) is 0 Å². The molecular formula is C4H10Cl2N4. The summed E-state index contributed by atoms with van der Waals surface area (Å²) in [6.45, 7) is 0.462. The van der Waals surface area contributed by atoms with E-state index in [1.807, 2.05) is 0 Å². The molecule has 0 atom stereocenters. The Bertz CT molecular complexity index is 176. The second-order valence-corrected chi connectivity index (χ2v) is 1.50. The van der Waals surface area contributed by atoms with Crippen LogP contribution >= 0.6 is 24.8 Å². The molecular weight excluding hydrogens is 175 g/mol. The number of imidazole rings is 1. The van der Waals surface area contributed by atoms with Crippen molar-refractivity contribution in [1.82, 2.24) is 9.97 Å². The highest BCUT2D eigenvalue weighted by Crippen LogP contribution is 1.93. The number of rotatable bonds is 1. The summed E-state index contributed by atoms with van der Waals surface area (Å²) in [6, 6.07) is 0. The summed E-state index contributed by atoms with van der Waals surface area (Å²) < 4.78 is 0. The van der Waals surface area contributed by atoms with E-state index in [0.29, 0.717) is 12.5 Å². The molecule has 10 heavy (non-hydrogen) atoms. The highest BCUT2D eigenvalue weighted by molar-refractivity contribution is 5.85. The van der Waals surface area contributed by atoms with Gasteiger partial charge >= 0.3 is 0 Å². The number of nitrogens with one attached hydrogen (secondary N) is 1. The van der Waals surface area contributed by atoms with E-state index >= 15 is 0 Å². The third kappa shape index (κ3) is 2.91. The second kappa shape index (κ2) is 5.34. The van der Waals surface area contributed by atoms with Gasteiger partial charge in [-0.3, -0.25) is 0 Å². The molecule has 0 radical (unpaired) electrons. The first-order valence-electron chi connectivity index (χ1n) is 2.32. The zero-order valence-electron chi connectivity index (χ0n) is 5.20. The fourth-order valence-electron chi connectivity index (χ4n) is 0.480. The van der Waals surface area contributed by atoms with Crippen molar-refractivity contribution in [3.8, 4) is 0 Å². The van der Waals surface area contributed by atoms with Crippen molar-refractivity contribution in [2.24, 2.45) is 5.73 Å². The Morgan fingerprint density at radius 2 is 2.10 bits per heavy atom. The maximum Gasteiger partial charge on any atom is 0.197 e. The molecule has 0 aliphatic heterocycles. The average molecular weight is 185 g/mol. The first-order chi connectivity index (χ1) is 3.83. The van der Waals surface area contributed by atoms with Crippen molar-refractivity contribution in [3.05, 3.63) is 11.9 Å². The van der Waals surface area contributed by atoms with Gasteiger partial charge in [-0.1, -0.05) is 0 Å². The first-order valence-corrected chi connectivity index (χ1v) is 2.32. The van der Waals surface area contributed by atoms with E-state index in [0.717, 1.165) is 5.69 Å². The largest absolute Gasteiger partial charge is 0.369 e. The fourth-order valence-corrected chi connectivity index (χ4v) is 0.480. The minimum atomic E-state index is 0. The van der Waals surface area contributed by atoms with Crippen LogP contribution < -0.4 is 11.5 Å². The number of aromatic amines is 1. The van der Waals surface area contributed by atoms with Gasteiger partial charge in [0.2, 0.25) is 0 Å². The van der Waals surface area contributed by atoms with Crippen LogP contribution in [-0.2, 0) is 6.54 Å². The lowest BCUT2D eigenvalue weighted by Crippen LogP contribution is -1.96. The Kier molecular flexibility index (Phi) is 6.54. The van der Waals surface area contributed by atoms with Gasteiger partial charge in [0.15, 0.2) is 5.95 Å². The number of nitrogens with two attached hydrogens (primary N) is 2. The van der Waals surface area contributed by atoms with E-state index in [1.165, 1.54) is 0 Å². The van der Waals surface area contributed by atoms with Crippen molar-refractivity contribution in [3.63, 3.8) is 0 Å². The quantitative estimate of drug-likeness (QED) is 0.588. The van der Waals surface area contributed by atoms with Gasteiger partial charge in [-0.05, 0) is 0 Å². The Labute approximate surface area is 71.2 Å². The fraction of sp³-hybridized carbons (Fsp3) is 0.250. The Balaban J connectivity index is 0. The Morgan fingerprint density at radius 1 is 1.50 bits per heavy atom. The van der Waals surface area contributed by atoms with E-state index in [2.05, 4.69) is 9.97 Å². The number of nitrogens with zero attached hydrogens (tertiary/aromatic N) is 1. The molecule has 5 N–H and O–H groups in total. The molecule has 4 nitrogen and oxygen atoms in total. The summed E-state index contributed by atoms with van der Waals surface area (Å²) in [5, 5.41) is 0. The molecule has 1 aromatic heterocycles. The van der Waals surface area contributed by atoms with Crippen LogP contribution in [0.1, 0.15) is 5.69 Å². The van der Waals surface area contributed by atoms with E-state index < -0.39 is 0 Å². The van der Waals surface area contributed by atoms with Crippen molar-refractivity contribution < 1.29 is 0 Å². The average Bonchev–Trinajstić information content (AvgIpc) is 2.14. The molecule has 0 aromatic carbocycles. The Hall–Kier alpha value is -0.450. The van der Waals surface area contributed by atoms with Gasteiger partial charge in [-0.15, -0.1) is 24.8 Å². The lowest BCUT2D eigenvalue weighted by atomic mass is 10.5. The minimum Gasteiger partial charge on any atom is -0.369 e. The number of hydrogen-bond acceptors (Lipinski definition) is 3. The minimum absolute atomic E-state index is 0. The van der Waals surface area contributed by atoms with Gasteiger partial charge in [0, 0.05) is 12.2 Å². The van der Waals surface area contributed by atoms with Gasteiger partial charge < -0.3 is 16.5 Å². The van der Waals surface area contributed by atoms with E-state index in [-0.39, 0.29) is 24.8 Å². The van der Waals surface area contributed by atoms with Gasteiger partial charge in [0.25, 0.3) is 0 Å². The molecule has 0 saturated heterocycles. The second-order valence-electron chi connectivity index (χ2n) is 1.50. The number of hydrogen-bond donors (Lipinski definition) is 3. The highest BCUT2D eigenvalue weighted by atomic mass is 35.5. The van der Waals surface area contributed by atoms with Crippen LogP contribution in [0.5, 0.6) is 0 Å². The molecule has 1 heterocycles. The van der Waals surface area contributed by atoms with Crippen LogP contribution in [0.25, 0.3) is 0 Å². The zero-order chi connectivity index (χ0) is 5.98. The maximum atomic E-state index is 5.24. The monoisotopic (exact) mass is 184 g/mol. The lowest BCUT2D eigenvalue weighted by molar-refractivity contribution is 1.01. The molecule has 0 aliphatic rings. The van der Waals surface area contributed by atoms with E-state index in [9.17, 15) is 0 Å². The van der Waals surface area contributed by atoms with Crippen molar-refractivity contribution in [2.45, 2.75) is 6.54 Å². The lowest BCUT2D eigenvalue weighted by Gasteiger charge is -1.82. The van der Waals surface area contributed by atoms with Gasteiger partial charge in [-0.25, -0.2) is 4.98 Å². The molecule has 60 valence electrons. The van der Waals surface area contributed by atoms with Gasteiger partial charge in [0.05, 0.1) is 6.20 Å². The summed E-state index contributed by atoms with van der Waals surface area (Å²) in [5.41, 5.74) is 11.3. The summed E-state index contributed by atoms with van der Waals surface area (Å²) in [5.74, 6) is 0.422.